The van der Waals surface area contributed by atoms with Crippen LogP contribution in [-0.2, 0) is 0 Å². The van der Waals surface area contributed by atoms with E-state index in [0.29, 0.717) is 11.7 Å². The summed E-state index contributed by atoms with van der Waals surface area (Å²) in [6.45, 7) is 4.33. The van der Waals surface area contributed by atoms with Crippen LogP contribution in [0.2, 0.25) is 0 Å². The van der Waals surface area contributed by atoms with Crippen LogP contribution in [0.15, 0.2) is 18.3 Å². The van der Waals surface area contributed by atoms with Gasteiger partial charge in [-0.15, -0.1) is 0 Å². The van der Waals surface area contributed by atoms with E-state index in [2.05, 4.69) is 23.8 Å². The fourth-order valence-corrected chi connectivity index (χ4v) is 1.57. The Bertz CT molecular complexity index is 429. The summed E-state index contributed by atoms with van der Waals surface area (Å²) >= 11 is 0. The van der Waals surface area contributed by atoms with E-state index in [1.807, 2.05) is 18.3 Å². The zero-order chi connectivity index (χ0) is 9.42. The van der Waals surface area contributed by atoms with Crippen molar-refractivity contribution in [3.63, 3.8) is 0 Å². The smallest absolute Gasteiger partial charge is 0.139 e. The van der Waals surface area contributed by atoms with Crippen LogP contribution in [-0.4, -0.2) is 9.97 Å². The molecule has 2 aromatic heterocycles. The Labute approximate surface area is 77.0 Å². The second kappa shape index (κ2) is 2.76. The first-order valence-electron chi connectivity index (χ1n) is 4.41. The van der Waals surface area contributed by atoms with Gasteiger partial charge in [-0.2, -0.15) is 0 Å². The summed E-state index contributed by atoms with van der Waals surface area (Å²) in [5, 5.41) is 1.13. The molecule has 0 fully saturated rings. The van der Waals surface area contributed by atoms with E-state index in [4.69, 9.17) is 5.73 Å². The number of fused-ring (bicyclic) bond motifs is 1. The third-order valence-electron chi connectivity index (χ3n) is 2.21. The molecule has 0 amide bonds. The lowest BCUT2D eigenvalue weighted by Gasteiger charge is -2.04. The summed E-state index contributed by atoms with van der Waals surface area (Å²) in [6.07, 6.45) is 1.81. The number of anilines is 1. The van der Waals surface area contributed by atoms with Crippen molar-refractivity contribution < 1.29 is 0 Å². The van der Waals surface area contributed by atoms with Crippen molar-refractivity contribution in [1.82, 2.24) is 9.97 Å². The summed E-state index contributed by atoms with van der Waals surface area (Å²) < 4.78 is 0. The number of rotatable bonds is 1. The number of hydrogen-bond donors (Lipinski definition) is 2. The van der Waals surface area contributed by atoms with Gasteiger partial charge in [-0.05, 0) is 23.6 Å². The lowest BCUT2D eigenvalue weighted by Crippen LogP contribution is -1.88. The van der Waals surface area contributed by atoms with Crippen molar-refractivity contribution in [2.75, 3.05) is 5.73 Å². The predicted octanol–water partition coefficient (Wildman–Crippen LogP) is 2.27. The van der Waals surface area contributed by atoms with Crippen LogP contribution in [0.25, 0.3) is 11.0 Å². The maximum atomic E-state index is 5.66. The molecule has 13 heavy (non-hydrogen) atoms. The third kappa shape index (κ3) is 1.26. The predicted molar refractivity (Wildman–Crippen MR) is 54.6 cm³/mol. The average molecular weight is 175 g/mol. The Morgan fingerprint density at radius 3 is 2.92 bits per heavy atom. The Balaban J connectivity index is 2.75. The molecule has 0 saturated carbocycles. The van der Waals surface area contributed by atoms with Crippen molar-refractivity contribution in [2.45, 2.75) is 19.8 Å². The molecular formula is C10H13N3. The molecule has 3 N–H and O–H groups in total. The minimum absolute atomic E-state index is 0.501. The normalized spacial score (nSPS) is 11.3. The third-order valence-corrected chi connectivity index (χ3v) is 2.21. The number of hydrogen-bond acceptors (Lipinski definition) is 2. The van der Waals surface area contributed by atoms with E-state index >= 15 is 0 Å². The van der Waals surface area contributed by atoms with Gasteiger partial charge in [0.05, 0.1) is 0 Å². The average Bonchev–Trinajstić information content (AvgIpc) is 2.43. The Kier molecular flexibility index (Phi) is 1.72. The van der Waals surface area contributed by atoms with Gasteiger partial charge >= 0.3 is 0 Å². The summed E-state index contributed by atoms with van der Waals surface area (Å²) in [6, 6.07) is 3.98. The molecule has 3 heteroatoms. The van der Waals surface area contributed by atoms with E-state index in [1.165, 1.54) is 5.56 Å². The molecule has 3 nitrogen and oxygen atoms in total. The lowest BCUT2D eigenvalue weighted by molar-refractivity contribution is 0.874. The SMILES string of the molecule is CC(C)c1ccnc2[nH]c(N)cc12. The molecule has 0 radical (unpaired) electrons. The first-order valence-corrected chi connectivity index (χ1v) is 4.41. The van der Waals surface area contributed by atoms with Crippen LogP contribution in [0.5, 0.6) is 0 Å². The largest absolute Gasteiger partial charge is 0.385 e. The van der Waals surface area contributed by atoms with Crippen LogP contribution in [0.3, 0.4) is 0 Å². The molecule has 0 atom stereocenters. The number of aromatic amines is 1. The van der Waals surface area contributed by atoms with Crippen LogP contribution in [0.4, 0.5) is 5.82 Å². The summed E-state index contributed by atoms with van der Waals surface area (Å²) in [7, 11) is 0. The van der Waals surface area contributed by atoms with Crippen molar-refractivity contribution >= 4 is 16.9 Å². The molecule has 0 saturated heterocycles. The van der Waals surface area contributed by atoms with E-state index < -0.39 is 0 Å². The molecule has 68 valence electrons. The fourth-order valence-electron chi connectivity index (χ4n) is 1.57. The lowest BCUT2D eigenvalue weighted by atomic mass is 10.0. The van der Waals surface area contributed by atoms with Crippen LogP contribution < -0.4 is 5.73 Å². The van der Waals surface area contributed by atoms with Gasteiger partial charge in [-0.3, -0.25) is 0 Å². The van der Waals surface area contributed by atoms with E-state index in [9.17, 15) is 0 Å². The number of nitrogens with one attached hydrogen (secondary N) is 1. The highest BCUT2D eigenvalue weighted by atomic mass is 14.9. The van der Waals surface area contributed by atoms with Gasteiger partial charge in [0, 0.05) is 11.6 Å². The molecule has 0 unspecified atom stereocenters. The molecule has 2 heterocycles. The highest BCUT2D eigenvalue weighted by molar-refractivity contribution is 5.83. The molecule has 2 aromatic rings. The van der Waals surface area contributed by atoms with Gasteiger partial charge in [-0.1, -0.05) is 13.8 Å². The quantitative estimate of drug-likeness (QED) is 0.698. The van der Waals surface area contributed by atoms with E-state index in [0.717, 1.165) is 11.0 Å². The van der Waals surface area contributed by atoms with Gasteiger partial charge in [0.15, 0.2) is 0 Å². The first kappa shape index (κ1) is 8.10. The second-order valence-electron chi connectivity index (χ2n) is 3.54. The van der Waals surface area contributed by atoms with Crippen molar-refractivity contribution in [3.8, 4) is 0 Å². The van der Waals surface area contributed by atoms with Gasteiger partial charge in [0.25, 0.3) is 0 Å². The van der Waals surface area contributed by atoms with Crippen molar-refractivity contribution in [3.05, 3.63) is 23.9 Å². The monoisotopic (exact) mass is 175 g/mol. The van der Waals surface area contributed by atoms with Crippen molar-refractivity contribution in [1.29, 1.82) is 0 Å². The molecule has 0 aliphatic rings. The number of nitrogen functional groups attached to an aromatic ring is 1. The molecule has 0 aliphatic carbocycles. The molecular weight excluding hydrogens is 162 g/mol. The first-order chi connectivity index (χ1) is 6.18. The second-order valence-corrected chi connectivity index (χ2v) is 3.54. The molecule has 2 rings (SSSR count). The Hall–Kier alpha value is -1.51. The fraction of sp³-hybridized carbons (Fsp3) is 0.300. The van der Waals surface area contributed by atoms with Crippen LogP contribution in [0, 0.1) is 0 Å². The van der Waals surface area contributed by atoms with Gasteiger partial charge in [-0.25, -0.2) is 4.98 Å². The van der Waals surface area contributed by atoms with Gasteiger partial charge in [0.2, 0.25) is 0 Å². The topological polar surface area (TPSA) is 54.7 Å². The number of pyridine rings is 1. The minimum atomic E-state index is 0.501. The van der Waals surface area contributed by atoms with Crippen LogP contribution >= 0.6 is 0 Å². The highest BCUT2D eigenvalue weighted by Gasteiger charge is 2.07. The zero-order valence-corrected chi connectivity index (χ0v) is 7.83. The number of H-pyrrole nitrogens is 1. The maximum Gasteiger partial charge on any atom is 0.139 e. The highest BCUT2D eigenvalue weighted by Crippen LogP contribution is 2.24. The summed E-state index contributed by atoms with van der Waals surface area (Å²) in [5.41, 5.74) is 7.83. The number of nitrogens with two attached hydrogens (primary N) is 1. The Morgan fingerprint density at radius 1 is 1.46 bits per heavy atom. The summed E-state index contributed by atoms with van der Waals surface area (Å²) in [5.74, 6) is 1.18. The standard InChI is InChI=1S/C10H13N3/c1-6(2)7-3-4-12-10-8(7)5-9(11)13-10/h3-6H,11H2,1-2H3,(H,12,13). The van der Waals surface area contributed by atoms with Crippen molar-refractivity contribution in [2.24, 2.45) is 0 Å². The molecule has 0 spiro atoms. The zero-order valence-electron chi connectivity index (χ0n) is 7.83. The number of aromatic nitrogens is 2. The van der Waals surface area contributed by atoms with E-state index in [1.54, 1.807) is 0 Å². The molecule has 0 bridgehead atoms. The minimum Gasteiger partial charge on any atom is -0.385 e. The Morgan fingerprint density at radius 2 is 2.23 bits per heavy atom. The van der Waals surface area contributed by atoms with Gasteiger partial charge in [0.1, 0.15) is 11.5 Å². The molecule has 0 aromatic carbocycles. The summed E-state index contributed by atoms with van der Waals surface area (Å²) in [4.78, 5) is 7.23. The maximum absolute atomic E-state index is 5.66. The van der Waals surface area contributed by atoms with Crippen LogP contribution in [0.1, 0.15) is 25.3 Å². The molecule has 0 aliphatic heterocycles. The van der Waals surface area contributed by atoms with Gasteiger partial charge < -0.3 is 10.7 Å². The number of nitrogens with zero attached hydrogens (tertiary/aromatic N) is 1. The van der Waals surface area contributed by atoms with E-state index in [-0.39, 0.29) is 0 Å².